The number of carbonyl (C=O) groups is 14. The number of urea groups is 1. The topological polar surface area (TPSA) is 701 Å². The number of aromatic amines is 2. The van der Waals surface area contributed by atoms with Gasteiger partial charge in [0.2, 0.25) is 70.9 Å². The summed E-state index contributed by atoms with van der Waals surface area (Å²) in [5, 5.41) is 49.4. The number of amides is 14. The molecule has 41 nitrogen and oxygen atoms in total. The Labute approximate surface area is 580 Å². The second-order valence-electron chi connectivity index (χ2n) is 23.5. The van der Waals surface area contributed by atoms with Gasteiger partial charge in [-0.05, 0) is 103 Å². The summed E-state index contributed by atoms with van der Waals surface area (Å²) in [5.41, 5.74) is 46.2. The fourth-order valence-electron chi connectivity index (χ4n) is 9.66. The predicted octanol–water partition coefficient (Wildman–Crippen LogP) is -8.95. The molecule has 3 aromatic rings. The molecule has 101 heavy (non-hydrogen) atoms. The number of guanidine groups is 2. The number of primary amides is 2. The summed E-state index contributed by atoms with van der Waals surface area (Å²) in [6.45, 7) is 1.80. The molecule has 32 N–H and O–H groups in total. The van der Waals surface area contributed by atoms with Gasteiger partial charge in [0, 0.05) is 67.9 Å². The van der Waals surface area contributed by atoms with Crippen LogP contribution in [0.1, 0.15) is 103 Å². The van der Waals surface area contributed by atoms with Gasteiger partial charge in [0.25, 0.3) is 0 Å². The maximum Gasteiger partial charge on any atom is 0.325 e. The van der Waals surface area contributed by atoms with E-state index in [1.807, 2.05) is 0 Å². The number of aliphatic imine (C=N–C) groups is 2. The van der Waals surface area contributed by atoms with Gasteiger partial charge in [0.05, 0.1) is 25.5 Å². The highest BCUT2D eigenvalue weighted by Crippen LogP contribution is 2.20. The van der Waals surface area contributed by atoms with Crippen LogP contribution in [-0.2, 0) is 75.2 Å². The second kappa shape index (κ2) is 43.9. The summed E-state index contributed by atoms with van der Waals surface area (Å²) in [5.74, 6) is -13.1. The first-order valence-corrected chi connectivity index (χ1v) is 32.4. The molecule has 0 fully saturated rings. The lowest BCUT2D eigenvalue weighted by molar-refractivity contribution is -0.141. The van der Waals surface area contributed by atoms with Gasteiger partial charge in [-0.2, -0.15) is 0 Å². The van der Waals surface area contributed by atoms with Crippen LogP contribution in [0.25, 0.3) is 10.9 Å². The lowest BCUT2D eigenvalue weighted by Crippen LogP contribution is -2.60. The number of benzene rings is 1. The highest BCUT2D eigenvalue weighted by molar-refractivity contribution is 5.99. The van der Waals surface area contributed by atoms with Crippen molar-refractivity contribution in [3.8, 4) is 0 Å². The Bertz CT molecular complexity index is 3360. The number of para-hydroxylation sites is 1. The minimum absolute atomic E-state index is 0.00588. The SMILES string of the molecule is C[C@H](NC(=O)[C@H](C)NC(=O)[C@H](CCCN=C(N)N)NC(=O)[C@H](CO)NC(=O)[C@H](C)NC(=O)CNC(=O)[C@H](CCCNC(N)=O)NC(=O)[C@H](Cc1c[nH]c2ccccc12)NC(=O)[C@H](CCCCN)NC(=O)[C@H](CCCN=C(N)N)NC(=O)[C@H](CCC(N)=O)NC(=O)[C@@H](N)Cc1cnc[nH]1)C(=O)O. The number of unbranched alkanes of at least 4 members (excludes halogenated alkanes) is 1. The molecule has 41 heteroatoms. The Hall–Kier alpha value is -11.2. The molecule has 0 spiro atoms. The number of fused-ring (bicyclic) bond motifs is 1. The van der Waals surface area contributed by atoms with E-state index in [1.54, 1.807) is 30.5 Å². The molecular formula is C60H97N25O16. The molecule has 0 saturated carbocycles. The smallest absolute Gasteiger partial charge is 0.325 e. The van der Waals surface area contributed by atoms with Crippen LogP contribution in [0.5, 0.6) is 0 Å². The first kappa shape index (κ1) is 84.0. The van der Waals surface area contributed by atoms with Crippen molar-refractivity contribution in [2.24, 2.45) is 55.9 Å². The maximum absolute atomic E-state index is 14.8. The number of H-pyrrole nitrogens is 2. The van der Waals surface area contributed by atoms with Gasteiger partial charge in [0.1, 0.15) is 60.4 Å². The third-order valence-corrected chi connectivity index (χ3v) is 15.2. The summed E-state index contributed by atoms with van der Waals surface area (Å²) in [4.78, 5) is 204. The average Bonchev–Trinajstić information content (AvgIpc) is 1.69. The molecule has 2 aromatic heterocycles. The molecule has 1 aromatic carbocycles. The number of hydrogen-bond acceptors (Lipinski definition) is 20. The number of imidazole rings is 1. The molecule has 0 aliphatic carbocycles. The summed E-state index contributed by atoms with van der Waals surface area (Å²) >= 11 is 0. The number of rotatable bonds is 47. The van der Waals surface area contributed by atoms with Gasteiger partial charge >= 0.3 is 12.0 Å². The van der Waals surface area contributed by atoms with Crippen LogP contribution < -0.4 is 110 Å². The summed E-state index contributed by atoms with van der Waals surface area (Å²) in [6, 6.07) is -9.85. The van der Waals surface area contributed by atoms with Crippen LogP contribution in [0.4, 0.5) is 4.79 Å². The molecular weight excluding hydrogens is 1330 g/mol. The molecule has 0 radical (unpaired) electrons. The number of aliphatic carboxylic acids is 1. The number of hydrogen-bond donors (Lipinski definition) is 24. The Morgan fingerprint density at radius 3 is 1.52 bits per heavy atom. The first-order valence-electron chi connectivity index (χ1n) is 32.4. The van der Waals surface area contributed by atoms with Crippen molar-refractivity contribution in [2.75, 3.05) is 39.3 Å². The van der Waals surface area contributed by atoms with Gasteiger partial charge in [-0.25, -0.2) is 9.78 Å². The van der Waals surface area contributed by atoms with Crippen LogP contribution in [0.15, 0.2) is 53.0 Å². The molecule has 11 atom stereocenters. The average molecular weight is 1420 g/mol. The van der Waals surface area contributed by atoms with Crippen molar-refractivity contribution in [1.82, 2.24) is 78.8 Å². The van der Waals surface area contributed by atoms with Crippen molar-refractivity contribution in [2.45, 2.75) is 171 Å². The normalized spacial score (nSPS) is 14.2. The summed E-state index contributed by atoms with van der Waals surface area (Å²) in [6.07, 6.45) is 3.62. The van der Waals surface area contributed by atoms with Gasteiger partial charge < -0.3 is 130 Å². The van der Waals surface area contributed by atoms with E-state index in [0.717, 1.165) is 0 Å². The maximum atomic E-state index is 14.8. The molecule has 3 rings (SSSR count). The number of carbonyl (C=O) groups excluding carboxylic acids is 13. The molecule has 558 valence electrons. The van der Waals surface area contributed by atoms with E-state index in [1.165, 1.54) is 33.3 Å². The summed E-state index contributed by atoms with van der Waals surface area (Å²) in [7, 11) is 0. The standard InChI is InChI=1S/C60H97N25O16/c1-30(48(90)85-44(28-86)56(98)83-40(15-8-20-70-58(64)65)51(93)77-31(2)47(89)78-32(3)57(99)100)76-46(88)27-74-50(92)38(14-10-22-72-60(68)101)80-55(97)43(23-33-25-73-37-12-5-4-11-35(33)37)84-53(95)39(13-6-7-19-61)81-52(94)41(16-9-21-71-59(66)67)82-54(96)42(17-18-45(63)87)79-49(91)36(62)24-34-26-69-29-75-34/h4-5,11-12,25-26,29-32,36,38-44,73,86H,6-10,13-24,27-28,61-62H2,1-3H3,(H2,63,87)(H,69,75)(H,74,92)(H,76,88)(H,77,93)(H,78,89)(H,79,91)(H,80,97)(H,81,94)(H,82,96)(H,83,98)(H,84,95)(H,85,90)(H,99,100)(H4,64,65,70)(H4,66,67,71)(H3,68,72,101)/t30-,31-,32-,36-,38-,39-,40-,41-,42-,43-,44-/m0/s1. The number of carboxylic acids is 1. The lowest BCUT2D eigenvalue weighted by Gasteiger charge is -2.27. The number of nitrogens with zero attached hydrogens (tertiary/aromatic N) is 3. The zero-order valence-electron chi connectivity index (χ0n) is 56.4. The van der Waals surface area contributed by atoms with E-state index in [2.05, 4.69) is 88.7 Å². The van der Waals surface area contributed by atoms with Gasteiger partial charge in [-0.15, -0.1) is 0 Å². The van der Waals surface area contributed by atoms with Crippen molar-refractivity contribution in [3.05, 3.63) is 54.2 Å². The largest absolute Gasteiger partial charge is 0.480 e. The molecule has 0 saturated heterocycles. The molecule has 14 amide bonds. The zero-order valence-corrected chi connectivity index (χ0v) is 56.4. The molecule has 0 aliphatic heterocycles. The van der Waals surface area contributed by atoms with Gasteiger partial charge in [-0.1, -0.05) is 18.2 Å². The van der Waals surface area contributed by atoms with Crippen LogP contribution in [0.2, 0.25) is 0 Å². The van der Waals surface area contributed by atoms with E-state index in [0.29, 0.717) is 28.6 Å². The minimum Gasteiger partial charge on any atom is -0.480 e. The van der Waals surface area contributed by atoms with Crippen LogP contribution in [0, 0.1) is 0 Å². The van der Waals surface area contributed by atoms with Gasteiger partial charge in [-0.3, -0.25) is 72.3 Å². The Balaban J connectivity index is 1.90. The Morgan fingerprint density at radius 1 is 0.515 bits per heavy atom. The van der Waals surface area contributed by atoms with Crippen molar-refractivity contribution < 1.29 is 77.3 Å². The third-order valence-electron chi connectivity index (χ3n) is 15.2. The van der Waals surface area contributed by atoms with Crippen LogP contribution in [0.3, 0.4) is 0 Å². The van der Waals surface area contributed by atoms with Crippen LogP contribution in [-0.4, -0.2) is 226 Å². The zero-order chi connectivity index (χ0) is 75.3. The Morgan fingerprint density at radius 2 is 0.990 bits per heavy atom. The van der Waals surface area contributed by atoms with Crippen molar-refractivity contribution >= 4 is 106 Å². The number of nitrogens with two attached hydrogens (primary N) is 8. The van der Waals surface area contributed by atoms with Crippen molar-refractivity contribution in [3.63, 3.8) is 0 Å². The molecule has 0 aliphatic rings. The quantitative estimate of drug-likeness (QED) is 0.0142. The van der Waals surface area contributed by atoms with E-state index in [-0.39, 0.29) is 115 Å². The Kier molecular flexibility index (Phi) is 36.5. The van der Waals surface area contributed by atoms with Crippen LogP contribution >= 0.6 is 0 Å². The number of aliphatic hydroxyl groups excluding tert-OH is 1. The second-order valence-corrected chi connectivity index (χ2v) is 23.5. The number of aromatic nitrogens is 3. The van der Waals surface area contributed by atoms with E-state index >= 15 is 0 Å². The molecule has 2 heterocycles. The van der Waals surface area contributed by atoms with Gasteiger partial charge in [0.15, 0.2) is 11.9 Å². The minimum atomic E-state index is -1.75. The molecule has 0 bridgehead atoms. The number of nitrogens with one attached hydrogen (secondary N) is 14. The lowest BCUT2D eigenvalue weighted by atomic mass is 10.0. The van der Waals surface area contributed by atoms with E-state index in [4.69, 9.17) is 45.9 Å². The monoisotopic (exact) mass is 1420 g/mol. The first-order chi connectivity index (χ1) is 47.8. The van der Waals surface area contributed by atoms with E-state index in [9.17, 15) is 77.3 Å². The molecule has 0 unspecified atom stereocenters. The highest BCUT2D eigenvalue weighted by atomic mass is 16.4. The fourth-order valence-corrected chi connectivity index (χ4v) is 9.66. The highest BCUT2D eigenvalue weighted by Gasteiger charge is 2.35. The predicted molar refractivity (Wildman–Crippen MR) is 364 cm³/mol. The fraction of sp³-hybridized carbons (Fsp3) is 0.550. The number of carboxylic acid groups (broad SMARTS) is 1. The summed E-state index contributed by atoms with van der Waals surface area (Å²) < 4.78 is 0. The van der Waals surface area contributed by atoms with Crippen molar-refractivity contribution in [1.29, 1.82) is 0 Å². The number of aliphatic hydroxyl groups is 1. The third kappa shape index (κ3) is 31.5. The van der Waals surface area contributed by atoms with E-state index < -0.39 is 162 Å².